The summed E-state index contributed by atoms with van der Waals surface area (Å²) in [6.07, 6.45) is 11.3. The molecule has 4 aliphatic rings. The molecule has 2 saturated heterocycles. The van der Waals surface area contributed by atoms with E-state index in [4.69, 9.17) is 19.9 Å². The van der Waals surface area contributed by atoms with E-state index in [0.29, 0.717) is 49.0 Å². The molecule has 36 heavy (non-hydrogen) atoms. The summed E-state index contributed by atoms with van der Waals surface area (Å²) in [6.45, 7) is 13.6. The van der Waals surface area contributed by atoms with Crippen LogP contribution >= 0.6 is 0 Å². The summed E-state index contributed by atoms with van der Waals surface area (Å²) in [5.74, 6) is 1.44. The molecule has 7 nitrogen and oxygen atoms in total. The number of carbonyl (C=O) groups excluding carboxylic acids is 1. The van der Waals surface area contributed by atoms with Gasteiger partial charge in [0.2, 0.25) is 5.91 Å². The van der Waals surface area contributed by atoms with Crippen molar-refractivity contribution in [3.8, 4) is 0 Å². The minimum atomic E-state index is -0.348. The summed E-state index contributed by atoms with van der Waals surface area (Å²) in [7, 11) is 0. The van der Waals surface area contributed by atoms with Crippen LogP contribution in [0.25, 0.3) is 0 Å². The number of carbonyl (C=O) groups is 1. The molecule has 0 unspecified atom stereocenters. The Morgan fingerprint density at radius 3 is 2.69 bits per heavy atom. The molecular weight excluding hydrogens is 456 g/mol. The summed E-state index contributed by atoms with van der Waals surface area (Å²) in [5.41, 5.74) is 7.76. The number of ether oxygens (including phenoxy) is 3. The first-order valence-electron chi connectivity index (χ1n) is 13.6. The van der Waals surface area contributed by atoms with E-state index in [9.17, 15) is 9.90 Å². The maximum atomic E-state index is 12.0. The van der Waals surface area contributed by atoms with Crippen molar-refractivity contribution in [3.05, 3.63) is 35.5 Å². The quantitative estimate of drug-likeness (QED) is 0.228. The van der Waals surface area contributed by atoms with Gasteiger partial charge in [0, 0.05) is 31.5 Å². The third kappa shape index (κ3) is 5.23. The van der Waals surface area contributed by atoms with Crippen molar-refractivity contribution in [3.63, 3.8) is 0 Å². The van der Waals surface area contributed by atoms with Gasteiger partial charge in [-0.05, 0) is 70.8 Å². The molecule has 10 atom stereocenters. The average Bonchev–Trinajstić information content (AvgIpc) is 3.73. The van der Waals surface area contributed by atoms with E-state index in [2.05, 4.69) is 57.3 Å². The van der Waals surface area contributed by atoms with Crippen LogP contribution in [0.1, 0.15) is 54.4 Å². The number of rotatable bonds is 11. The van der Waals surface area contributed by atoms with E-state index < -0.39 is 0 Å². The third-order valence-corrected chi connectivity index (χ3v) is 9.24. The van der Waals surface area contributed by atoms with Gasteiger partial charge in [-0.2, -0.15) is 0 Å². The van der Waals surface area contributed by atoms with Crippen LogP contribution in [0.15, 0.2) is 35.5 Å². The van der Waals surface area contributed by atoms with Gasteiger partial charge >= 0.3 is 0 Å². The smallest absolute Gasteiger partial charge is 0.246 e. The molecule has 0 spiro atoms. The minimum absolute atomic E-state index is 0.0177. The van der Waals surface area contributed by atoms with Crippen LogP contribution in [-0.2, 0) is 19.0 Å². The minimum Gasteiger partial charge on any atom is -0.396 e. The molecule has 7 heteroatoms. The Morgan fingerprint density at radius 2 is 2.03 bits per heavy atom. The zero-order valence-corrected chi connectivity index (χ0v) is 22.8. The molecule has 0 aromatic carbocycles. The van der Waals surface area contributed by atoms with Gasteiger partial charge in [-0.15, -0.1) is 0 Å². The molecule has 4 fully saturated rings. The summed E-state index contributed by atoms with van der Waals surface area (Å²) < 4.78 is 18.5. The molecule has 1 amide bonds. The van der Waals surface area contributed by atoms with Crippen LogP contribution in [0, 0.1) is 29.6 Å². The van der Waals surface area contributed by atoms with Gasteiger partial charge in [0.1, 0.15) is 6.61 Å². The van der Waals surface area contributed by atoms with Gasteiger partial charge in [0.05, 0.1) is 29.5 Å². The van der Waals surface area contributed by atoms with Gasteiger partial charge in [-0.25, -0.2) is 0 Å². The number of aliphatic hydroxyl groups is 1. The van der Waals surface area contributed by atoms with E-state index >= 15 is 0 Å². The number of hydrogen-bond donors (Lipinski definition) is 3. The lowest BCUT2D eigenvalue weighted by atomic mass is 9.55. The van der Waals surface area contributed by atoms with E-state index in [1.807, 2.05) is 13.8 Å². The zero-order chi connectivity index (χ0) is 26.3. The normalized spacial score (nSPS) is 41.2. The molecule has 0 aromatic heterocycles. The fourth-order valence-corrected chi connectivity index (χ4v) is 7.10. The second-order valence-electron chi connectivity index (χ2n) is 11.8. The van der Waals surface area contributed by atoms with Crippen LogP contribution in [0.2, 0.25) is 0 Å². The van der Waals surface area contributed by atoms with Crippen molar-refractivity contribution in [1.82, 2.24) is 5.32 Å². The van der Waals surface area contributed by atoms with Crippen molar-refractivity contribution >= 4 is 5.91 Å². The second kappa shape index (κ2) is 10.7. The fraction of sp³-hybridized carbons (Fsp3) is 0.759. The predicted octanol–water partition coefficient (Wildman–Crippen LogP) is 3.13. The average molecular weight is 503 g/mol. The van der Waals surface area contributed by atoms with E-state index in [-0.39, 0.29) is 42.3 Å². The van der Waals surface area contributed by atoms with Crippen LogP contribution in [0.4, 0.5) is 0 Å². The lowest BCUT2D eigenvalue weighted by Gasteiger charge is -2.45. The highest BCUT2D eigenvalue weighted by Gasteiger charge is 2.72. The summed E-state index contributed by atoms with van der Waals surface area (Å²) >= 11 is 0. The maximum Gasteiger partial charge on any atom is 0.246 e. The SMILES string of the molecule is C/C=C(\C)[C@H]1[C@@H](/C=C/C=C(\C)[C@@H](OCC(=O)NCCN)[C@@H](C)CO)[C@@H]2C[C@@H]3O[C@]3(C)C[C@H]2[C@@H]2O[C@@]21C. The Bertz CT molecular complexity index is 915. The molecule has 4 N–H and O–H groups in total. The second-order valence-corrected chi connectivity index (χ2v) is 11.8. The van der Waals surface area contributed by atoms with E-state index in [0.717, 1.165) is 18.4 Å². The number of epoxide rings is 2. The van der Waals surface area contributed by atoms with Gasteiger partial charge in [-0.3, -0.25) is 4.79 Å². The molecule has 0 bridgehead atoms. The Morgan fingerprint density at radius 1 is 1.28 bits per heavy atom. The molecule has 0 radical (unpaired) electrons. The summed E-state index contributed by atoms with van der Waals surface area (Å²) in [4.78, 5) is 12.0. The molecule has 4 rings (SSSR count). The van der Waals surface area contributed by atoms with Crippen LogP contribution in [-0.4, -0.2) is 66.8 Å². The lowest BCUT2D eigenvalue weighted by Crippen LogP contribution is -2.49. The predicted molar refractivity (Wildman–Crippen MR) is 140 cm³/mol. The summed E-state index contributed by atoms with van der Waals surface area (Å²) in [6, 6.07) is 0. The van der Waals surface area contributed by atoms with Crippen LogP contribution in [0.5, 0.6) is 0 Å². The Labute approximate surface area is 216 Å². The summed E-state index contributed by atoms with van der Waals surface area (Å²) in [5, 5.41) is 12.5. The largest absolute Gasteiger partial charge is 0.396 e. The van der Waals surface area contributed by atoms with E-state index in [1.54, 1.807) is 0 Å². The molecule has 2 aliphatic heterocycles. The fourth-order valence-electron chi connectivity index (χ4n) is 7.10. The molecule has 2 saturated carbocycles. The molecular formula is C29H46N2O5. The number of nitrogens with two attached hydrogens (primary N) is 1. The van der Waals surface area contributed by atoms with Crippen molar-refractivity contribution in [2.75, 3.05) is 26.3 Å². The van der Waals surface area contributed by atoms with Crippen molar-refractivity contribution in [2.45, 2.75) is 83.9 Å². The first-order valence-corrected chi connectivity index (χ1v) is 13.6. The Hall–Kier alpha value is -1.51. The number of fused-ring (bicyclic) bond motifs is 4. The number of amides is 1. The molecule has 2 heterocycles. The van der Waals surface area contributed by atoms with Gasteiger partial charge in [0.15, 0.2) is 0 Å². The number of nitrogens with one attached hydrogen (secondary N) is 1. The van der Waals surface area contributed by atoms with Crippen molar-refractivity contribution < 1.29 is 24.1 Å². The Balaban J connectivity index is 1.52. The third-order valence-electron chi connectivity index (χ3n) is 9.24. The highest BCUT2D eigenvalue weighted by atomic mass is 16.6. The van der Waals surface area contributed by atoms with Crippen molar-refractivity contribution in [1.29, 1.82) is 0 Å². The van der Waals surface area contributed by atoms with Gasteiger partial charge < -0.3 is 30.4 Å². The van der Waals surface area contributed by atoms with Gasteiger partial charge in [-0.1, -0.05) is 36.8 Å². The zero-order valence-electron chi connectivity index (χ0n) is 22.8. The standard InChI is InChI=1S/C29H46N2O5/c1-7-17(2)25-20(21-13-23-28(5,35-23)14-22(21)27-29(25,6)36-27)10-8-9-18(3)26(19(4)15-32)34-16-24(33)31-12-11-30/h7-10,19-23,25-27,32H,11-16,30H2,1-6H3,(H,31,33)/b10-8+,17-7+,18-9+/t19-,20-,21-,22+,23-,25-,26+,27-,28+,29+/m0/s1. The monoisotopic (exact) mass is 502 g/mol. The van der Waals surface area contributed by atoms with Crippen LogP contribution in [0.3, 0.4) is 0 Å². The van der Waals surface area contributed by atoms with Crippen molar-refractivity contribution in [2.24, 2.45) is 35.3 Å². The van der Waals surface area contributed by atoms with Crippen LogP contribution < -0.4 is 11.1 Å². The highest BCUT2D eigenvalue weighted by molar-refractivity contribution is 5.77. The topological polar surface area (TPSA) is 110 Å². The molecule has 2 aliphatic carbocycles. The molecule has 0 aromatic rings. The highest BCUT2D eigenvalue weighted by Crippen LogP contribution is 2.67. The Kier molecular flexibility index (Phi) is 8.18. The number of aliphatic hydroxyl groups excluding tert-OH is 1. The lowest BCUT2D eigenvalue weighted by molar-refractivity contribution is -0.128. The maximum absolute atomic E-state index is 12.0. The number of hydrogen-bond acceptors (Lipinski definition) is 6. The first kappa shape index (κ1) is 27.5. The van der Waals surface area contributed by atoms with E-state index in [1.165, 1.54) is 5.57 Å². The number of allylic oxidation sites excluding steroid dienone is 4. The molecule has 202 valence electrons. The first-order chi connectivity index (χ1) is 17.1. The van der Waals surface area contributed by atoms with Gasteiger partial charge in [0.25, 0.3) is 0 Å².